The first kappa shape index (κ1) is 54.9. The van der Waals surface area contributed by atoms with Crippen LogP contribution in [-0.4, -0.2) is 0 Å². The van der Waals surface area contributed by atoms with E-state index >= 15 is 17.6 Å². The van der Waals surface area contributed by atoms with Crippen molar-refractivity contribution in [3.05, 3.63) is 357 Å². The van der Waals surface area contributed by atoms with Gasteiger partial charge in [-0.1, -0.05) is 206 Å². The second-order valence-corrected chi connectivity index (χ2v) is 23.6. The molecule has 0 saturated heterocycles. The molecule has 3 nitrogen and oxygen atoms in total. The van der Waals surface area contributed by atoms with Crippen molar-refractivity contribution in [3.63, 3.8) is 0 Å². The van der Waals surface area contributed by atoms with Gasteiger partial charge in [-0.25, -0.2) is 17.6 Å². The summed E-state index contributed by atoms with van der Waals surface area (Å²) in [7, 11) is 0. The molecule has 430 valence electrons. The monoisotopic (exact) mass is 1160 g/mol. The molecule has 2 aliphatic carbocycles. The van der Waals surface area contributed by atoms with Crippen molar-refractivity contribution in [2.75, 3.05) is 9.80 Å². The molecule has 0 amide bonds. The van der Waals surface area contributed by atoms with Gasteiger partial charge in [-0.05, 0) is 177 Å². The highest BCUT2D eigenvalue weighted by molar-refractivity contribution is 6.14. The first-order valence-electron chi connectivity index (χ1n) is 29.9. The van der Waals surface area contributed by atoms with Crippen LogP contribution in [0.15, 0.2) is 260 Å². The number of anilines is 6. The zero-order valence-electron chi connectivity index (χ0n) is 49.5. The fourth-order valence-corrected chi connectivity index (χ4v) is 14.6. The number of fused-ring (bicyclic) bond motifs is 9. The van der Waals surface area contributed by atoms with Crippen molar-refractivity contribution in [2.24, 2.45) is 0 Å². The Morgan fingerprint density at radius 3 is 1.12 bits per heavy atom. The minimum absolute atomic E-state index is 0.356. The lowest BCUT2D eigenvalue weighted by atomic mass is 9.66. The fourth-order valence-electron chi connectivity index (χ4n) is 14.6. The number of para-hydroxylation sites is 2. The molecule has 2 unspecified atom stereocenters. The number of nitrogens with zero attached hydrogens (tertiary/aromatic N) is 2. The van der Waals surface area contributed by atoms with Crippen molar-refractivity contribution in [3.8, 4) is 22.3 Å². The van der Waals surface area contributed by atoms with Crippen molar-refractivity contribution in [2.45, 2.75) is 38.5 Å². The maximum atomic E-state index is 16.1. The highest BCUT2D eigenvalue weighted by Crippen LogP contribution is 2.61. The van der Waals surface area contributed by atoms with Crippen molar-refractivity contribution < 1.29 is 22.0 Å². The Hall–Kier alpha value is -10.8. The van der Waals surface area contributed by atoms with E-state index < -0.39 is 34.1 Å². The topological polar surface area (TPSA) is 19.6 Å². The van der Waals surface area contributed by atoms with Crippen LogP contribution in [0.25, 0.3) is 56.3 Å². The summed E-state index contributed by atoms with van der Waals surface area (Å²) in [6.45, 7) is 16.7. The molecule has 2 aliphatic rings. The smallest absolute Gasteiger partial charge is 0.160 e. The molecule has 0 N–H and O–H groups in total. The molecule has 0 fully saturated rings. The van der Waals surface area contributed by atoms with E-state index in [9.17, 15) is 0 Å². The second kappa shape index (κ2) is 21.0. The van der Waals surface area contributed by atoms with Crippen molar-refractivity contribution in [1.82, 2.24) is 0 Å². The Morgan fingerprint density at radius 1 is 0.337 bits per heavy atom. The quantitative estimate of drug-likeness (QED) is 0.114. The van der Waals surface area contributed by atoms with Crippen LogP contribution in [0.2, 0.25) is 0 Å². The molecule has 2 atom stereocenters. The zero-order chi connectivity index (χ0) is 61.0. The normalized spacial score (nSPS) is 15.4. The Morgan fingerprint density at radius 2 is 0.719 bits per heavy atom. The van der Waals surface area contributed by atoms with Gasteiger partial charge in [0.25, 0.3) is 0 Å². The molecule has 15 rings (SSSR count). The van der Waals surface area contributed by atoms with Crippen LogP contribution < -0.4 is 9.80 Å². The predicted molar refractivity (Wildman–Crippen MR) is 357 cm³/mol. The first-order chi connectivity index (χ1) is 43.3. The van der Waals surface area contributed by atoms with E-state index in [4.69, 9.17) is 4.42 Å². The zero-order valence-corrected chi connectivity index (χ0v) is 49.5. The van der Waals surface area contributed by atoms with Gasteiger partial charge in [-0.3, -0.25) is 0 Å². The average Bonchev–Trinajstić information content (AvgIpc) is 1.63. The molecular formula is C82H58F4N2O. The molecule has 0 radical (unpaired) electrons. The van der Waals surface area contributed by atoms with E-state index in [0.717, 1.165) is 123 Å². The van der Waals surface area contributed by atoms with Gasteiger partial charge in [0.05, 0.1) is 22.2 Å². The molecule has 0 spiro atoms. The molecule has 1 aromatic heterocycles. The molecule has 12 aromatic carbocycles. The Kier molecular flexibility index (Phi) is 12.9. The van der Waals surface area contributed by atoms with E-state index in [-0.39, 0.29) is 0 Å². The van der Waals surface area contributed by atoms with Crippen LogP contribution in [0.1, 0.15) is 77.9 Å². The molecular weight excluding hydrogens is 1100 g/mol. The average molecular weight is 1160 g/mol. The summed E-state index contributed by atoms with van der Waals surface area (Å²) in [5, 5.41) is 1.47. The Balaban J connectivity index is 0.972. The van der Waals surface area contributed by atoms with Gasteiger partial charge in [0.2, 0.25) is 0 Å². The number of furan rings is 1. The summed E-state index contributed by atoms with van der Waals surface area (Å²) in [6, 6.07) is 79.8. The minimum atomic E-state index is -1.01. The van der Waals surface area contributed by atoms with Gasteiger partial charge in [-0.15, -0.1) is 0 Å². The second-order valence-electron chi connectivity index (χ2n) is 23.6. The maximum absolute atomic E-state index is 16.1. The largest absolute Gasteiger partial charge is 0.452 e. The number of hydrogen-bond donors (Lipinski definition) is 0. The van der Waals surface area contributed by atoms with E-state index in [0.29, 0.717) is 45.3 Å². The fraction of sp³-hybridized carbons (Fsp3) is 0.0732. The summed E-state index contributed by atoms with van der Waals surface area (Å²) < 4.78 is 70.1. The molecule has 0 aliphatic heterocycles. The third-order valence-corrected chi connectivity index (χ3v) is 18.6. The van der Waals surface area contributed by atoms with Gasteiger partial charge in [0, 0.05) is 45.7 Å². The van der Waals surface area contributed by atoms with Crippen LogP contribution in [0, 0.1) is 51.0 Å². The van der Waals surface area contributed by atoms with E-state index in [1.807, 2.05) is 70.5 Å². The molecule has 0 saturated carbocycles. The Labute approximate surface area is 515 Å². The Bertz CT molecular complexity index is 4760. The summed E-state index contributed by atoms with van der Waals surface area (Å²) in [4.78, 5) is 3.87. The first-order valence-corrected chi connectivity index (χ1v) is 29.9. The summed E-state index contributed by atoms with van der Waals surface area (Å²) in [6.07, 6.45) is 3.69. The standard InChI is InChI=1S/C82H58F4N2O/c1-7-53-27-31-55(32-28-53)81(69-43-49(3)23-25-51(69)5)67-19-11-9-15-61(67)63-39-35-57(45-71(63)81)87(59-37-41-73(83)75(85)47-59)77-21-13-17-65-66-18-14-22-78(80(66)89-79(65)77)88(60-38-42-74(84)76(86)48-60)58-36-40-64-62-16-10-12-20-68(62)82(72(64)46-58,56-33-29-54(8-2)30-34-56)70-44-50(4)24-26-52(70)6/h7-48H,1-2H2,3-6H3. The lowest BCUT2D eigenvalue weighted by Gasteiger charge is -2.36. The van der Waals surface area contributed by atoms with Gasteiger partial charge in [0.15, 0.2) is 34.4 Å². The third-order valence-electron chi connectivity index (χ3n) is 18.6. The van der Waals surface area contributed by atoms with Crippen molar-refractivity contribution in [1.29, 1.82) is 0 Å². The molecule has 7 heteroatoms. The predicted octanol–water partition coefficient (Wildman–Crippen LogP) is 22.3. The lowest BCUT2D eigenvalue weighted by Crippen LogP contribution is -2.30. The number of rotatable bonds is 12. The number of aryl methyl sites for hydroxylation is 4. The van der Waals surface area contributed by atoms with Crippen LogP contribution in [-0.2, 0) is 10.8 Å². The minimum Gasteiger partial charge on any atom is -0.452 e. The van der Waals surface area contributed by atoms with E-state index in [2.05, 4.69) is 199 Å². The summed E-state index contributed by atoms with van der Waals surface area (Å²) in [5.74, 6) is -3.98. The van der Waals surface area contributed by atoms with Gasteiger partial charge in [-0.2, -0.15) is 0 Å². The molecule has 13 aromatic rings. The summed E-state index contributed by atoms with van der Waals surface area (Å²) >= 11 is 0. The number of halogens is 4. The number of benzene rings is 12. The van der Waals surface area contributed by atoms with Crippen LogP contribution in [0.4, 0.5) is 51.7 Å². The molecule has 1 heterocycles. The van der Waals surface area contributed by atoms with E-state index in [1.54, 1.807) is 12.1 Å². The van der Waals surface area contributed by atoms with Crippen LogP contribution in [0.5, 0.6) is 0 Å². The molecule has 89 heavy (non-hydrogen) atoms. The van der Waals surface area contributed by atoms with Gasteiger partial charge < -0.3 is 14.2 Å². The third kappa shape index (κ3) is 8.32. The van der Waals surface area contributed by atoms with Gasteiger partial charge >= 0.3 is 0 Å². The number of hydrogen-bond acceptors (Lipinski definition) is 3. The van der Waals surface area contributed by atoms with Crippen LogP contribution in [0.3, 0.4) is 0 Å². The van der Waals surface area contributed by atoms with Crippen molar-refractivity contribution >= 4 is 68.2 Å². The highest BCUT2D eigenvalue weighted by atomic mass is 19.2. The van der Waals surface area contributed by atoms with E-state index in [1.165, 1.54) is 12.1 Å². The summed E-state index contributed by atoms with van der Waals surface area (Å²) in [5.41, 5.74) is 21.7. The maximum Gasteiger partial charge on any atom is 0.160 e. The molecule has 0 bridgehead atoms. The lowest BCUT2D eigenvalue weighted by molar-refractivity contribution is 0.509. The highest BCUT2D eigenvalue weighted by Gasteiger charge is 2.49. The SMILES string of the molecule is C=Cc1ccc(C2(c3cc(C)ccc3C)c3ccccc3-c3ccc(N(c4ccc(F)c(F)c4)c4cccc5c4oc4c(N(c6ccc(F)c(F)c6)c6ccc7c(c6)C(c6ccc(C=C)cc6)(c6cc(C)ccc6C)c6ccccc6-7)cccc45)cc32)cc1. The van der Waals surface area contributed by atoms with Gasteiger partial charge in [0.1, 0.15) is 0 Å². The van der Waals surface area contributed by atoms with Crippen LogP contribution >= 0.6 is 0 Å².